The lowest BCUT2D eigenvalue weighted by Crippen LogP contribution is -1.96. The van der Waals surface area contributed by atoms with Crippen LogP contribution in [0, 0.1) is 10.5 Å². The lowest BCUT2D eigenvalue weighted by atomic mass is 10.0. The maximum absolute atomic E-state index is 5.55. The van der Waals surface area contributed by atoms with E-state index in [-0.39, 0.29) is 0 Å². The van der Waals surface area contributed by atoms with Crippen LogP contribution in [0.3, 0.4) is 0 Å². The summed E-state index contributed by atoms with van der Waals surface area (Å²) >= 11 is 4.04. The van der Waals surface area contributed by atoms with E-state index in [2.05, 4.69) is 98.7 Å². The average Bonchev–Trinajstić information content (AvgIpc) is 2.62. The summed E-state index contributed by atoms with van der Waals surface area (Å²) in [6.07, 6.45) is 0.882. The Morgan fingerprint density at radius 1 is 1.23 bits per heavy atom. The van der Waals surface area contributed by atoms with Crippen molar-refractivity contribution in [3.05, 3.63) is 79.8 Å². The van der Waals surface area contributed by atoms with Gasteiger partial charge in [0.1, 0.15) is 5.75 Å². The highest BCUT2D eigenvalue weighted by Gasteiger charge is 2.08. The van der Waals surface area contributed by atoms with Crippen LogP contribution in [0.1, 0.15) is 48.9 Å². The molecule has 0 fully saturated rings. The molecule has 0 atom stereocenters. The van der Waals surface area contributed by atoms with Crippen molar-refractivity contribution in [2.45, 2.75) is 40.0 Å². The summed E-state index contributed by atoms with van der Waals surface area (Å²) in [5.41, 5.74) is 6.36. The van der Waals surface area contributed by atoms with E-state index in [1.165, 1.54) is 31.4 Å². The van der Waals surface area contributed by atoms with Crippen LogP contribution in [0.15, 0.2) is 54.0 Å². The standard InChI is InChI=1S/C23H27IOS/c1-15(2)19-7-9-20(10-8-19)18(5)26-14-16(3)11-21-12-17(4)22(24)13-23(21)25-6/h7-10,12-15H,5,11H2,1-4,6H3/b16-14+. The van der Waals surface area contributed by atoms with Crippen molar-refractivity contribution in [2.24, 2.45) is 0 Å². The fourth-order valence-corrected chi connectivity index (χ4v) is 3.82. The minimum absolute atomic E-state index is 0.555. The molecule has 0 N–H and O–H groups in total. The van der Waals surface area contributed by atoms with Gasteiger partial charge in [-0.25, -0.2) is 0 Å². The number of thioether (sulfide) groups is 1. The molecule has 0 saturated carbocycles. The van der Waals surface area contributed by atoms with Gasteiger partial charge in [-0.1, -0.05) is 68.1 Å². The Balaban J connectivity index is 2.06. The molecule has 2 rings (SSSR count). The van der Waals surface area contributed by atoms with Gasteiger partial charge in [0.2, 0.25) is 0 Å². The maximum atomic E-state index is 5.55. The zero-order valence-electron chi connectivity index (χ0n) is 16.2. The van der Waals surface area contributed by atoms with Crippen LogP contribution in [-0.2, 0) is 6.42 Å². The number of hydrogen-bond acceptors (Lipinski definition) is 2. The van der Waals surface area contributed by atoms with E-state index in [0.717, 1.165) is 17.1 Å². The van der Waals surface area contributed by atoms with E-state index < -0.39 is 0 Å². The smallest absolute Gasteiger partial charge is 0.123 e. The Labute approximate surface area is 176 Å². The zero-order valence-corrected chi connectivity index (χ0v) is 19.2. The molecule has 2 aromatic carbocycles. The molecule has 0 amide bonds. The number of allylic oxidation sites excluding steroid dienone is 1. The van der Waals surface area contributed by atoms with Crippen LogP contribution in [0.5, 0.6) is 5.75 Å². The first-order chi connectivity index (χ1) is 12.3. The van der Waals surface area contributed by atoms with Crippen LogP contribution in [-0.4, -0.2) is 7.11 Å². The number of benzene rings is 2. The van der Waals surface area contributed by atoms with Crippen molar-refractivity contribution in [3.63, 3.8) is 0 Å². The first kappa shape index (κ1) is 21.1. The first-order valence-electron chi connectivity index (χ1n) is 8.76. The third-order valence-electron chi connectivity index (χ3n) is 4.33. The van der Waals surface area contributed by atoms with Gasteiger partial charge in [0, 0.05) is 8.48 Å². The van der Waals surface area contributed by atoms with Crippen molar-refractivity contribution in [1.82, 2.24) is 0 Å². The summed E-state index contributed by atoms with van der Waals surface area (Å²) in [7, 11) is 1.74. The zero-order chi connectivity index (χ0) is 19.3. The molecule has 26 heavy (non-hydrogen) atoms. The van der Waals surface area contributed by atoms with Gasteiger partial charge in [-0.3, -0.25) is 0 Å². The molecular weight excluding hydrogens is 451 g/mol. The van der Waals surface area contributed by atoms with Crippen molar-refractivity contribution in [2.75, 3.05) is 7.11 Å². The molecule has 0 radical (unpaired) electrons. The lowest BCUT2D eigenvalue weighted by molar-refractivity contribution is 0.410. The molecule has 3 heteroatoms. The molecule has 0 spiro atoms. The molecule has 0 aliphatic heterocycles. The van der Waals surface area contributed by atoms with Crippen molar-refractivity contribution in [1.29, 1.82) is 0 Å². The van der Waals surface area contributed by atoms with Crippen molar-refractivity contribution >= 4 is 39.3 Å². The van der Waals surface area contributed by atoms with Gasteiger partial charge in [-0.05, 0) is 82.5 Å². The van der Waals surface area contributed by atoms with Crippen LogP contribution in [0.25, 0.3) is 4.91 Å². The highest BCUT2D eigenvalue weighted by Crippen LogP contribution is 2.31. The van der Waals surface area contributed by atoms with E-state index in [9.17, 15) is 0 Å². The summed E-state index contributed by atoms with van der Waals surface area (Å²) in [6, 6.07) is 13.1. The van der Waals surface area contributed by atoms with Gasteiger partial charge < -0.3 is 4.74 Å². The van der Waals surface area contributed by atoms with E-state index in [1.807, 2.05) is 0 Å². The molecule has 0 aliphatic rings. The predicted octanol–water partition coefficient (Wildman–Crippen LogP) is 7.58. The second kappa shape index (κ2) is 9.65. The predicted molar refractivity (Wildman–Crippen MR) is 125 cm³/mol. The average molecular weight is 478 g/mol. The second-order valence-electron chi connectivity index (χ2n) is 6.87. The summed E-state index contributed by atoms with van der Waals surface area (Å²) in [6.45, 7) is 13.0. The Morgan fingerprint density at radius 3 is 2.46 bits per heavy atom. The number of halogens is 1. The maximum Gasteiger partial charge on any atom is 0.123 e. The minimum atomic E-state index is 0.555. The monoisotopic (exact) mass is 478 g/mol. The Hall–Kier alpha value is -1.20. The number of hydrogen-bond donors (Lipinski definition) is 0. The van der Waals surface area contributed by atoms with E-state index in [4.69, 9.17) is 4.74 Å². The molecule has 0 aromatic heterocycles. The molecule has 0 bridgehead atoms. The summed E-state index contributed by atoms with van der Waals surface area (Å²) in [5, 5.41) is 2.20. The Kier molecular flexibility index (Phi) is 7.84. The summed E-state index contributed by atoms with van der Waals surface area (Å²) < 4.78 is 6.78. The molecule has 1 nitrogen and oxygen atoms in total. The second-order valence-corrected chi connectivity index (χ2v) is 9.00. The van der Waals surface area contributed by atoms with Gasteiger partial charge in [0.05, 0.1) is 7.11 Å². The van der Waals surface area contributed by atoms with E-state index >= 15 is 0 Å². The molecule has 0 aliphatic carbocycles. The van der Waals surface area contributed by atoms with Gasteiger partial charge in [-0.2, -0.15) is 0 Å². The van der Waals surface area contributed by atoms with Crippen LogP contribution >= 0.6 is 34.4 Å². The topological polar surface area (TPSA) is 9.23 Å². The molecule has 138 valence electrons. The summed E-state index contributed by atoms with van der Waals surface area (Å²) in [5.74, 6) is 1.51. The lowest BCUT2D eigenvalue weighted by Gasteiger charge is -2.12. The number of aryl methyl sites for hydroxylation is 1. The third-order valence-corrected chi connectivity index (χ3v) is 6.54. The van der Waals surface area contributed by atoms with E-state index in [1.54, 1.807) is 18.9 Å². The molecule has 2 aromatic rings. The normalized spacial score (nSPS) is 11.7. The molecule has 0 heterocycles. The van der Waals surface area contributed by atoms with Crippen LogP contribution in [0.4, 0.5) is 0 Å². The minimum Gasteiger partial charge on any atom is -0.496 e. The molecule has 0 unspecified atom stereocenters. The third kappa shape index (κ3) is 5.65. The quantitative estimate of drug-likeness (QED) is 0.380. The fraction of sp³-hybridized carbons (Fsp3) is 0.304. The van der Waals surface area contributed by atoms with Crippen LogP contribution < -0.4 is 4.74 Å². The van der Waals surface area contributed by atoms with Crippen LogP contribution in [0.2, 0.25) is 0 Å². The SMILES string of the molecule is C=C(S/C=C(\C)Cc1cc(C)c(I)cc1OC)c1ccc(C(C)C)cc1. The molecular formula is C23H27IOS. The number of rotatable bonds is 7. The number of methoxy groups -OCH3 is 1. The largest absolute Gasteiger partial charge is 0.496 e. The summed E-state index contributed by atoms with van der Waals surface area (Å²) in [4.78, 5) is 1.07. The highest BCUT2D eigenvalue weighted by molar-refractivity contribution is 14.1. The molecule has 0 saturated heterocycles. The number of ether oxygens (including phenoxy) is 1. The van der Waals surface area contributed by atoms with Gasteiger partial charge in [0.25, 0.3) is 0 Å². The first-order valence-corrected chi connectivity index (χ1v) is 10.7. The van der Waals surface area contributed by atoms with Gasteiger partial charge in [0.15, 0.2) is 0 Å². The Morgan fingerprint density at radius 2 is 1.88 bits per heavy atom. The van der Waals surface area contributed by atoms with Gasteiger partial charge in [-0.15, -0.1) is 0 Å². The fourth-order valence-electron chi connectivity index (χ4n) is 2.69. The van der Waals surface area contributed by atoms with E-state index in [0.29, 0.717) is 5.92 Å². The van der Waals surface area contributed by atoms with Gasteiger partial charge >= 0.3 is 0 Å². The Bertz CT molecular complexity index is 804. The highest BCUT2D eigenvalue weighted by atomic mass is 127. The van der Waals surface area contributed by atoms with Crippen molar-refractivity contribution in [3.8, 4) is 5.75 Å². The van der Waals surface area contributed by atoms with Crippen molar-refractivity contribution < 1.29 is 4.74 Å².